The van der Waals surface area contributed by atoms with Crippen molar-refractivity contribution in [1.82, 2.24) is 10.2 Å². The number of Topliss-reactive ketones (excluding diaryl/α,β-unsaturated/α-hetero) is 1. The molecule has 1 saturated heterocycles. The van der Waals surface area contributed by atoms with Gasteiger partial charge in [0, 0.05) is 11.3 Å². The number of aryl methyl sites for hydroxylation is 1. The lowest BCUT2D eigenvalue weighted by Gasteiger charge is -2.23. The number of aliphatic hydroxyl groups is 1. The van der Waals surface area contributed by atoms with Crippen LogP contribution in [0.2, 0.25) is 0 Å². The highest BCUT2D eigenvalue weighted by atomic mass is 32.2. The molecule has 1 aliphatic rings. The Hall–Kier alpha value is -4.73. The van der Waals surface area contributed by atoms with E-state index in [2.05, 4.69) is 30.1 Å². The van der Waals surface area contributed by atoms with Crippen LogP contribution in [-0.4, -0.2) is 27.0 Å². The van der Waals surface area contributed by atoms with E-state index in [-0.39, 0.29) is 11.3 Å². The first-order valence-electron chi connectivity index (χ1n) is 15.0. The molecule has 46 heavy (non-hydrogen) atoms. The summed E-state index contributed by atoms with van der Waals surface area (Å²) in [5.74, 6) is -0.170. The highest BCUT2D eigenvalue weighted by Gasteiger charge is 2.48. The molecule has 1 aromatic heterocycles. The SMILES string of the molecule is Cc1cccc(COc2ccc(/C(O)=C3\C(=O)C(=O)N(c4nnc(SCc5ccccc5)s4)C3c3ccc(C(C)C)cc3)cc2)c1. The summed E-state index contributed by atoms with van der Waals surface area (Å²) in [5, 5.41) is 20.5. The van der Waals surface area contributed by atoms with Crippen molar-refractivity contribution in [3.63, 3.8) is 0 Å². The summed E-state index contributed by atoms with van der Waals surface area (Å²) in [6.07, 6.45) is 0. The van der Waals surface area contributed by atoms with Crippen molar-refractivity contribution in [2.45, 2.75) is 49.4 Å². The quantitative estimate of drug-likeness (QED) is 0.0534. The fourth-order valence-electron chi connectivity index (χ4n) is 5.32. The molecule has 232 valence electrons. The van der Waals surface area contributed by atoms with Crippen LogP contribution in [0.5, 0.6) is 5.75 Å². The summed E-state index contributed by atoms with van der Waals surface area (Å²) in [4.78, 5) is 28.7. The van der Waals surface area contributed by atoms with Gasteiger partial charge in [-0.05, 0) is 59.4 Å². The monoisotopic (exact) mass is 647 g/mol. The normalized spacial score (nSPS) is 15.9. The number of carbonyl (C=O) groups excluding carboxylic acids is 2. The van der Waals surface area contributed by atoms with Gasteiger partial charge in [-0.3, -0.25) is 14.5 Å². The molecule has 5 aromatic rings. The lowest BCUT2D eigenvalue weighted by molar-refractivity contribution is -0.132. The number of thioether (sulfide) groups is 1. The van der Waals surface area contributed by atoms with E-state index in [1.807, 2.05) is 79.7 Å². The number of hydrogen-bond donors (Lipinski definition) is 1. The van der Waals surface area contributed by atoms with Crippen molar-refractivity contribution >= 4 is 45.7 Å². The minimum absolute atomic E-state index is 0.00409. The van der Waals surface area contributed by atoms with Gasteiger partial charge in [-0.25, -0.2) is 0 Å². The van der Waals surface area contributed by atoms with E-state index < -0.39 is 17.7 Å². The maximum absolute atomic E-state index is 13.7. The number of hydrogen-bond acceptors (Lipinski definition) is 8. The first-order valence-corrected chi connectivity index (χ1v) is 16.8. The van der Waals surface area contributed by atoms with Gasteiger partial charge < -0.3 is 9.84 Å². The molecule has 1 unspecified atom stereocenters. The lowest BCUT2D eigenvalue weighted by atomic mass is 9.93. The number of nitrogens with zero attached hydrogens (tertiary/aromatic N) is 3. The van der Waals surface area contributed by atoms with Crippen LogP contribution in [0, 0.1) is 6.92 Å². The molecule has 0 spiro atoms. The summed E-state index contributed by atoms with van der Waals surface area (Å²) in [6, 6.07) is 31.9. The standard InChI is InChI=1S/C37H33N3O4S2/c1-23(2)27-12-14-28(15-13-27)32-31(33(41)29-16-18-30(19-17-29)44-21-26-11-7-8-24(3)20-26)34(42)35(43)40(32)36-38-39-37(46-36)45-22-25-9-5-4-6-10-25/h4-20,23,32,41H,21-22H2,1-3H3/b33-31+. The molecule has 0 aliphatic carbocycles. The second-order valence-electron chi connectivity index (χ2n) is 11.4. The van der Waals surface area contributed by atoms with E-state index in [1.165, 1.54) is 28.0 Å². The third-order valence-corrected chi connectivity index (χ3v) is 9.91. The number of carbonyl (C=O) groups is 2. The number of ether oxygens (including phenoxy) is 1. The van der Waals surface area contributed by atoms with Gasteiger partial charge in [0.25, 0.3) is 5.78 Å². The molecule has 7 nitrogen and oxygen atoms in total. The predicted molar refractivity (Wildman–Crippen MR) is 183 cm³/mol. The average Bonchev–Trinajstić information content (AvgIpc) is 3.65. The van der Waals surface area contributed by atoms with Gasteiger partial charge in [0.2, 0.25) is 5.13 Å². The first-order chi connectivity index (χ1) is 22.3. The Morgan fingerprint density at radius 1 is 0.913 bits per heavy atom. The number of ketones is 1. The fraction of sp³-hybridized carbons (Fsp3) is 0.189. The number of aliphatic hydroxyl groups excluding tert-OH is 1. The average molecular weight is 648 g/mol. The predicted octanol–water partition coefficient (Wildman–Crippen LogP) is 8.47. The molecule has 1 amide bonds. The van der Waals surface area contributed by atoms with Gasteiger partial charge in [-0.2, -0.15) is 0 Å². The maximum Gasteiger partial charge on any atom is 0.301 e. The van der Waals surface area contributed by atoms with Gasteiger partial charge >= 0.3 is 5.91 Å². The van der Waals surface area contributed by atoms with E-state index >= 15 is 0 Å². The van der Waals surface area contributed by atoms with Crippen LogP contribution in [0.25, 0.3) is 5.76 Å². The van der Waals surface area contributed by atoms with Crippen LogP contribution in [0.15, 0.2) is 113 Å². The molecule has 1 atom stereocenters. The summed E-state index contributed by atoms with van der Waals surface area (Å²) in [5.41, 5.74) is 5.57. The summed E-state index contributed by atoms with van der Waals surface area (Å²) < 4.78 is 6.63. The molecule has 0 saturated carbocycles. The van der Waals surface area contributed by atoms with Crippen molar-refractivity contribution in [3.05, 3.63) is 142 Å². The van der Waals surface area contributed by atoms with E-state index in [1.54, 1.807) is 24.3 Å². The van der Waals surface area contributed by atoms with Crippen LogP contribution < -0.4 is 9.64 Å². The molecule has 0 radical (unpaired) electrons. The van der Waals surface area contributed by atoms with Crippen molar-refractivity contribution in [3.8, 4) is 5.75 Å². The Balaban J connectivity index is 1.31. The smallest absolute Gasteiger partial charge is 0.301 e. The van der Waals surface area contributed by atoms with Crippen molar-refractivity contribution in [2.24, 2.45) is 0 Å². The van der Waals surface area contributed by atoms with Crippen LogP contribution in [-0.2, 0) is 21.9 Å². The number of benzene rings is 4. The summed E-state index contributed by atoms with van der Waals surface area (Å²) >= 11 is 2.76. The minimum atomic E-state index is -0.876. The number of aromatic nitrogens is 2. The second kappa shape index (κ2) is 13.7. The van der Waals surface area contributed by atoms with Gasteiger partial charge in [0.05, 0.1) is 11.6 Å². The third-order valence-electron chi connectivity index (χ3n) is 7.79. The highest BCUT2D eigenvalue weighted by Crippen LogP contribution is 2.44. The van der Waals surface area contributed by atoms with Crippen LogP contribution >= 0.6 is 23.1 Å². The van der Waals surface area contributed by atoms with E-state index in [0.717, 1.165) is 22.3 Å². The van der Waals surface area contributed by atoms with Gasteiger partial charge in [0.1, 0.15) is 18.1 Å². The Morgan fingerprint density at radius 2 is 1.63 bits per heavy atom. The fourth-order valence-corrected chi connectivity index (χ4v) is 7.14. The number of amides is 1. The Morgan fingerprint density at radius 3 is 2.33 bits per heavy atom. The zero-order chi connectivity index (χ0) is 32.2. The summed E-state index contributed by atoms with van der Waals surface area (Å²) in [6.45, 7) is 6.64. The highest BCUT2D eigenvalue weighted by molar-refractivity contribution is 8.00. The van der Waals surface area contributed by atoms with E-state index in [9.17, 15) is 14.7 Å². The van der Waals surface area contributed by atoms with Crippen molar-refractivity contribution in [2.75, 3.05) is 4.90 Å². The zero-order valence-corrected chi connectivity index (χ0v) is 27.3. The Kier molecular flexibility index (Phi) is 9.33. The van der Waals surface area contributed by atoms with Gasteiger partial charge in [0.15, 0.2) is 4.34 Å². The van der Waals surface area contributed by atoms with E-state index in [4.69, 9.17) is 4.74 Å². The Bertz CT molecular complexity index is 1880. The van der Waals surface area contributed by atoms with E-state index in [0.29, 0.717) is 44.6 Å². The van der Waals surface area contributed by atoms with Crippen molar-refractivity contribution in [1.29, 1.82) is 0 Å². The summed E-state index contributed by atoms with van der Waals surface area (Å²) in [7, 11) is 0. The molecule has 1 N–H and O–H groups in total. The zero-order valence-electron chi connectivity index (χ0n) is 25.7. The molecule has 0 bridgehead atoms. The van der Waals surface area contributed by atoms with Crippen molar-refractivity contribution < 1.29 is 19.4 Å². The Labute approximate surface area is 276 Å². The van der Waals surface area contributed by atoms with Crippen LogP contribution in [0.4, 0.5) is 5.13 Å². The minimum Gasteiger partial charge on any atom is -0.507 e. The number of anilines is 1. The topological polar surface area (TPSA) is 92.6 Å². The van der Waals surface area contributed by atoms with Crippen LogP contribution in [0.3, 0.4) is 0 Å². The van der Waals surface area contributed by atoms with Crippen LogP contribution in [0.1, 0.15) is 59.2 Å². The molecule has 6 rings (SSSR count). The van der Waals surface area contributed by atoms with Gasteiger partial charge in [-0.1, -0.05) is 121 Å². The third kappa shape index (κ3) is 6.76. The molecular weight excluding hydrogens is 615 g/mol. The lowest BCUT2D eigenvalue weighted by Crippen LogP contribution is -2.29. The second-order valence-corrected chi connectivity index (χ2v) is 13.6. The number of rotatable bonds is 10. The molecule has 1 aliphatic heterocycles. The molecule has 1 fully saturated rings. The largest absolute Gasteiger partial charge is 0.507 e. The molecule has 9 heteroatoms. The van der Waals surface area contributed by atoms with Gasteiger partial charge in [-0.15, -0.1) is 10.2 Å². The molecule has 4 aromatic carbocycles. The molecule has 2 heterocycles. The first kappa shape index (κ1) is 31.3. The maximum atomic E-state index is 13.7. The molecular formula is C37H33N3O4S2.